The molecule has 1 aliphatic rings. The minimum Gasteiger partial charge on any atom is -0.808 e. The summed E-state index contributed by atoms with van der Waals surface area (Å²) in [6.07, 6.45) is 15.2. The molecule has 6 unspecified atom stereocenters. The fourth-order valence-corrected chi connectivity index (χ4v) is 16.9. The number of aromatic nitrogens is 8. The Morgan fingerprint density at radius 2 is 0.558 bits per heavy atom. The van der Waals surface area contributed by atoms with Gasteiger partial charge in [-0.15, -0.1) is 0 Å². The predicted molar refractivity (Wildman–Crippen MR) is 316 cm³/mol. The molecule has 0 amide bonds. The van der Waals surface area contributed by atoms with Crippen LogP contribution in [-0.4, -0.2) is 208 Å². The van der Waals surface area contributed by atoms with Gasteiger partial charge in [0.2, 0.25) is 35.5 Å². The van der Waals surface area contributed by atoms with Gasteiger partial charge in [-0.3, -0.25) is 18.5 Å². The Morgan fingerprint density at radius 1 is 0.346 bits per heavy atom. The number of carbonyl (C=O) groups is 5. The van der Waals surface area contributed by atoms with Crippen LogP contribution in [0.15, 0.2) is 87.3 Å². The molecule has 0 bridgehead atoms. The first-order chi connectivity index (χ1) is 44.3. The summed E-state index contributed by atoms with van der Waals surface area (Å²) in [5.74, 6) is -6.02. The fourth-order valence-electron chi connectivity index (χ4n) is 6.98. The lowest BCUT2D eigenvalue weighted by Gasteiger charge is -2.56. The van der Waals surface area contributed by atoms with Crippen molar-refractivity contribution in [3.05, 3.63) is 102 Å². The Labute approximate surface area is 583 Å². The summed E-state index contributed by atoms with van der Waals surface area (Å²) in [6, 6.07) is 0. The van der Waals surface area contributed by atoms with Gasteiger partial charge in [0.25, 0.3) is 5.08 Å². The Balaban J connectivity index is -0.000000595. The Bertz CT molecular complexity index is 3580. The molecule has 6 atom stereocenters. The van der Waals surface area contributed by atoms with E-state index in [0.29, 0.717) is 0 Å². The molecule has 65 heteroatoms. The number of nitrogens with zero attached hydrogens (tertiary/aromatic N) is 10. The molecule has 5 rings (SSSR count). The van der Waals surface area contributed by atoms with Crippen molar-refractivity contribution < 1.29 is 237 Å². The van der Waals surface area contributed by atoms with E-state index in [9.17, 15) is 139 Å². The van der Waals surface area contributed by atoms with Crippen LogP contribution in [0, 0.1) is 14.9 Å². The molecule has 0 aliphatic carbocycles. The smallest absolute Gasteiger partial charge is 0.373 e. The summed E-state index contributed by atoms with van der Waals surface area (Å²) in [5.41, 5.74) is 0. The summed E-state index contributed by atoms with van der Waals surface area (Å²) >= 11 is 0. The van der Waals surface area contributed by atoms with E-state index in [1.807, 2.05) is 0 Å². The molecule has 0 aromatic carbocycles. The summed E-state index contributed by atoms with van der Waals surface area (Å²) in [6.45, 7) is -8.71. The van der Waals surface area contributed by atoms with Crippen molar-refractivity contribution in [2.75, 3.05) is 19.8 Å². The van der Waals surface area contributed by atoms with Crippen LogP contribution in [0.4, 0.5) is 0 Å². The minimum absolute atomic E-state index is 0. The van der Waals surface area contributed by atoms with E-state index < -0.39 is 197 Å². The Kier molecular flexibility index (Phi) is 38.6. The van der Waals surface area contributed by atoms with Crippen LogP contribution >= 0.6 is 76.0 Å². The van der Waals surface area contributed by atoms with E-state index in [2.05, 4.69) is 0 Å². The van der Waals surface area contributed by atoms with Gasteiger partial charge in [-0.05, 0) is 15.2 Å². The molecule has 4 aromatic heterocycles. The molecule has 602 valence electrons. The molecule has 4 aromatic rings. The van der Waals surface area contributed by atoms with Crippen LogP contribution in [0.5, 0.6) is 0 Å². The zero-order valence-electron chi connectivity index (χ0n) is 51.0. The van der Waals surface area contributed by atoms with Crippen molar-refractivity contribution in [1.82, 2.24) is 28.1 Å². The zero-order valence-corrected chi connectivity index (χ0v) is 59.9. The average molecular weight is 1710 g/mol. The molecular formula is C39H71N10O45P10-5. The van der Waals surface area contributed by atoms with E-state index in [0.717, 1.165) is 115 Å². The lowest BCUT2D eigenvalue weighted by atomic mass is 10.6. The maximum atomic E-state index is 11.1. The first-order valence-electron chi connectivity index (χ1n) is 24.8. The van der Waals surface area contributed by atoms with Gasteiger partial charge in [-0.1, -0.05) is 14.9 Å². The van der Waals surface area contributed by atoms with Crippen LogP contribution in [0.25, 0.3) is 0 Å². The molecule has 1 aliphatic heterocycles. The van der Waals surface area contributed by atoms with Gasteiger partial charge in [-0.25, -0.2) is 55.7 Å². The number of carboxylic acid groups (broad SMARTS) is 5. The Hall–Kier alpha value is -5.30. The predicted octanol–water partition coefficient (Wildman–Crippen LogP) is -13.9. The molecule has 5 heterocycles. The fraction of sp³-hybridized carbons (Fsp3) is 0.462. The van der Waals surface area contributed by atoms with Crippen molar-refractivity contribution in [1.29, 1.82) is 0 Å². The molecular weight excluding hydrogens is 1640 g/mol. The first-order valence-corrected chi connectivity index (χ1v) is 40.6. The highest BCUT2D eigenvalue weighted by Crippen LogP contribution is 2.69. The van der Waals surface area contributed by atoms with Gasteiger partial charge < -0.3 is 198 Å². The van der Waals surface area contributed by atoms with E-state index in [-0.39, 0.29) is 36.4 Å². The number of imidazole rings is 4. The van der Waals surface area contributed by atoms with Crippen molar-refractivity contribution in [2.24, 2.45) is 0 Å². The molecule has 0 spiro atoms. The van der Waals surface area contributed by atoms with Crippen LogP contribution in [0.3, 0.4) is 0 Å². The van der Waals surface area contributed by atoms with Gasteiger partial charge >= 0.3 is 57.7 Å². The zero-order chi connectivity index (χ0) is 78.8. The third-order valence-electron chi connectivity index (χ3n) is 12.0. The van der Waals surface area contributed by atoms with Crippen LogP contribution in [0.1, 0.15) is 14.9 Å². The van der Waals surface area contributed by atoms with Crippen LogP contribution in [-0.2, 0) is 122 Å². The summed E-state index contributed by atoms with van der Waals surface area (Å²) in [4.78, 5) is 250. The second kappa shape index (κ2) is 38.2. The number of carboxylic acids is 5. The monoisotopic (exact) mass is 1710 g/mol. The number of β-amino-alcohol motifs (C(OH)–C–C–N with tert-alkyl or cyclic N) is 1. The normalized spacial score (nSPS) is 17.3. The Morgan fingerprint density at radius 3 is 0.750 bits per heavy atom. The highest BCUT2D eigenvalue weighted by Gasteiger charge is 2.61. The van der Waals surface area contributed by atoms with Gasteiger partial charge in [0.1, 0.15) is 87.4 Å². The van der Waals surface area contributed by atoms with Crippen molar-refractivity contribution >= 4 is 106 Å². The van der Waals surface area contributed by atoms with Crippen LogP contribution < -0.4 is 62.3 Å². The molecule has 0 fully saturated rings. The number of rotatable bonds is 30. The largest absolute Gasteiger partial charge is 0.808 e. The molecule has 0 saturated heterocycles. The number of aliphatic hydroxyl groups is 5. The van der Waals surface area contributed by atoms with E-state index in [1.54, 1.807) is 0 Å². The average Bonchev–Trinajstić information content (AvgIpc) is 1.04. The molecule has 0 radical (unpaired) electrons. The van der Waals surface area contributed by atoms with Crippen molar-refractivity contribution in [3.63, 3.8) is 0 Å². The maximum Gasteiger partial charge on any atom is 0.373 e. The second-order valence-corrected chi connectivity index (χ2v) is 39.7. The highest BCUT2D eigenvalue weighted by atomic mass is 31.3. The number of hydrogen-bond acceptors (Lipinski definition) is 31. The summed E-state index contributed by atoms with van der Waals surface area (Å²) in [5, 5.41) is 71.5. The van der Waals surface area contributed by atoms with Gasteiger partial charge in [0.05, 0.1) is 13.2 Å². The molecule has 104 heavy (non-hydrogen) atoms. The summed E-state index contributed by atoms with van der Waals surface area (Å²) < 4.78 is 117. The summed E-state index contributed by atoms with van der Waals surface area (Å²) in [7, 11) is -58.2. The quantitative estimate of drug-likeness (QED) is 0.0131. The van der Waals surface area contributed by atoms with E-state index in [1.165, 1.54) is 18.6 Å². The standard InChI is InChI=1S/C7H14N2O9P2.4C7H12N2O9P2.2CH4.2CH3/c5*10-6(11)3-8-1-2-9(5-8)4-7(12,19(13,14)15)20(16,17)18;;;;/h1-2,12H,3-5H2,(H,10,11)(H2,13,14,15)(H2,16,17,18);4*1-2,5,12H,3-4H2,(H4-,10,11,13,14,15,16,17,18);2*1H4;2*1H3/q;;;;;;;-1;+1/p-5. The minimum atomic E-state index is -6.15. The van der Waals surface area contributed by atoms with Gasteiger partial charge in [0, 0.05) is 19.8 Å². The topological polar surface area (TPSA) is 930 Å². The van der Waals surface area contributed by atoms with E-state index in [4.69, 9.17) is 79.4 Å². The lowest BCUT2D eigenvalue weighted by Crippen LogP contribution is -2.52. The van der Waals surface area contributed by atoms with Gasteiger partial charge in [-0.2, -0.15) is 0 Å². The first kappa shape index (κ1) is 105. The number of hydrogen-bond donors (Lipinski definition) is 21. The SMILES string of the molecule is C.C.O=C(O)CN1C=CN(CC(O)(P(=O)([O-])[O-])P(=O)([O-])[O-])C1.O=C(O)C[n+]1ccn(CC(O)(P(=O)(O)O)P(=O)(O)O)c1.O=C(O)C[n+]1ccn(CC(O)(P(=O)([O-])O)P(=O)(O)O)c1.O=C(O)C[n+]1ccn(CC(O)(P(=O)([O-])O)P(=O)([O-])O)c1.O=C(O)C[n+]1ccn(CC(O)(P(=O)([O-])O)P(=O)([O-])O)c1.[CH3+].[CH3-]. The third-order valence-corrected chi connectivity index (χ3v) is 30.1. The third kappa shape index (κ3) is 29.0. The highest BCUT2D eigenvalue weighted by molar-refractivity contribution is 7.73. The van der Waals surface area contributed by atoms with E-state index >= 15 is 0 Å². The van der Waals surface area contributed by atoms with Crippen molar-refractivity contribution in [3.8, 4) is 0 Å². The van der Waals surface area contributed by atoms with Crippen molar-refractivity contribution in [2.45, 2.75) is 92.6 Å². The van der Waals surface area contributed by atoms with Crippen LogP contribution in [0.2, 0.25) is 0 Å². The van der Waals surface area contributed by atoms with Gasteiger partial charge in [0.15, 0.2) is 64.2 Å². The second-order valence-electron chi connectivity index (χ2n) is 20.0. The maximum absolute atomic E-state index is 11.1. The number of aliphatic carboxylic acids is 5. The molecule has 0 saturated carbocycles. The molecule has 21 N–H and O–H groups in total. The molecule has 55 nitrogen and oxygen atoms in total. The lowest BCUT2D eigenvalue weighted by molar-refractivity contribution is -0.685.